The Morgan fingerprint density at radius 2 is 2.11 bits per heavy atom. The number of rotatable bonds is 5. The normalized spacial score (nSPS) is 12.4. The van der Waals surface area contributed by atoms with E-state index in [4.69, 9.17) is 5.73 Å². The summed E-state index contributed by atoms with van der Waals surface area (Å²) in [7, 11) is 1.93. The molecule has 2 rings (SSSR count). The second kappa shape index (κ2) is 6.17. The summed E-state index contributed by atoms with van der Waals surface area (Å²) in [6.07, 6.45) is 0.909. The quantitative estimate of drug-likeness (QED) is 0.908. The standard InChI is InChI=1S/C15H19FN2S/c1-11(9-13-6-4-8-19-13)18(2)15-12(10-17)5-3-7-14(15)16/h3-8,11H,9-10,17H2,1-2H3. The number of nitrogens with two attached hydrogens (primary N) is 1. The molecule has 0 saturated heterocycles. The molecule has 0 radical (unpaired) electrons. The number of para-hydroxylation sites is 1. The van der Waals surface area contributed by atoms with Crippen LogP contribution in [0.15, 0.2) is 35.7 Å². The number of hydrogen-bond acceptors (Lipinski definition) is 3. The number of anilines is 1. The molecule has 0 aliphatic rings. The van der Waals surface area contributed by atoms with Crippen LogP contribution in [-0.2, 0) is 13.0 Å². The minimum Gasteiger partial charge on any atom is -0.369 e. The van der Waals surface area contributed by atoms with Gasteiger partial charge in [-0.3, -0.25) is 0 Å². The van der Waals surface area contributed by atoms with Crippen molar-refractivity contribution in [3.8, 4) is 0 Å². The molecule has 4 heteroatoms. The van der Waals surface area contributed by atoms with Gasteiger partial charge in [-0.1, -0.05) is 18.2 Å². The molecule has 2 nitrogen and oxygen atoms in total. The van der Waals surface area contributed by atoms with Crippen LogP contribution in [-0.4, -0.2) is 13.1 Å². The molecule has 0 fully saturated rings. The first kappa shape index (κ1) is 14.0. The third kappa shape index (κ3) is 3.14. The molecular formula is C15H19FN2S. The van der Waals surface area contributed by atoms with Crippen LogP contribution in [0.5, 0.6) is 0 Å². The summed E-state index contributed by atoms with van der Waals surface area (Å²) < 4.78 is 14.0. The van der Waals surface area contributed by atoms with Gasteiger partial charge in [-0.2, -0.15) is 0 Å². The highest BCUT2D eigenvalue weighted by Gasteiger charge is 2.17. The highest BCUT2D eigenvalue weighted by Crippen LogP contribution is 2.26. The molecule has 1 unspecified atom stereocenters. The monoisotopic (exact) mass is 278 g/mol. The van der Waals surface area contributed by atoms with E-state index in [0.717, 1.165) is 12.0 Å². The Kier molecular flexibility index (Phi) is 4.56. The third-order valence-electron chi connectivity index (χ3n) is 3.38. The lowest BCUT2D eigenvalue weighted by molar-refractivity contribution is 0.601. The minimum absolute atomic E-state index is 0.205. The van der Waals surface area contributed by atoms with E-state index in [1.807, 2.05) is 24.1 Å². The van der Waals surface area contributed by atoms with Crippen LogP contribution in [0.25, 0.3) is 0 Å². The fourth-order valence-electron chi connectivity index (χ4n) is 2.20. The molecule has 0 amide bonds. The lowest BCUT2D eigenvalue weighted by Gasteiger charge is -2.29. The van der Waals surface area contributed by atoms with Crippen LogP contribution >= 0.6 is 11.3 Å². The van der Waals surface area contributed by atoms with Gasteiger partial charge in [0.05, 0.1) is 5.69 Å². The number of benzene rings is 1. The molecule has 1 aromatic carbocycles. The summed E-state index contributed by atoms with van der Waals surface area (Å²) in [5, 5.41) is 2.07. The number of nitrogens with zero attached hydrogens (tertiary/aromatic N) is 1. The molecule has 1 aromatic heterocycles. The van der Waals surface area contributed by atoms with Gasteiger partial charge >= 0.3 is 0 Å². The van der Waals surface area contributed by atoms with Crippen LogP contribution in [0.3, 0.4) is 0 Å². The van der Waals surface area contributed by atoms with E-state index >= 15 is 0 Å². The van der Waals surface area contributed by atoms with E-state index < -0.39 is 0 Å². The summed E-state index contributed by atoms with van der Waals surface area (Å²) in [6, 6.07) is 9.45. The summed E-state index contributed by atoms with van der Waals surface area (Å²) in [4.78, 5) is 3.29. The van der Waals surface area contributed by atoms with E-state index in [2.05, 4.69) is 18.4 Å². The molecule has 0 bridgehead atoms. The SMILES string of the molecule is CC(Cc1cccs1)N(C)c1c(F)cccc1CN. The number of likely N-dealkylation sites (N-methyl/N-ethyl adjacent to an activating group) is 1. The molecule has 1 heterocycles. The van der Waals surface area contributed by atoms with Crippen molar-refractivity contribution in [2.24, 2.45) is 5.73 Å². The summed E-state index contributed by atoms with van der Waals surface area (Å²) in [5.41, 5.74) is 7.17. The summed E-state index contributed by atoms with van der Waals surface area (Å²) in [5.74, 6) is -0.205. The fourth-order valence-corrected chi connectivity index (χ4v) is 3.02. The predicted molar refractivity (Wildman–Crippen MR) is 80.2 cm³/mol. The zero-order valence-electron chi connectivity index (χ0n) is 11.3. The molecule has 2 aromatic rings. The number of hydrogen-bond donors (Lipinski definition) is 1. The first-order valence-corrected chi connectivity index (χ1v) is 7.24. The minimum atomic E-state index is -0.205. The van der Waals surface area contributed by atoms with E-state index in [0.29, 0.717) is 12.2 Å². The van der Waals surface area contributed by atoms with Crippen molar-refractivity contribution in [1.29, 1.82) is 0 Å². The van der Waals surface area contributed by atoms with Gasteiger partial charge in [0.2, 0.25) is 0 Å². The molecule has 0 aliphatic carbocycles. The molecule has 1 atom stereocenters. The maximum absolute atomic E-state index is 14.0. The Morgan fingerprint density at radius 1 is 1.32 bits per heavy atom. The van der Waals surface area contributed by atoms with E-state index in [-0.39, 0.29) is 11.9 Å². The second-order valence-corrected chi connectivity index (χ2v) is 5.73. The van der Waals surface area contributed by atoms with Crippen LogP contribution in [0.2, 0.25) is 0 Å². The lowest BCUT2D eigenvalue weighted by Crippen LogP contribution is -2.32. The lowest BCUT2D eigenvalue weighted by atomic mass is 10.1. The first-order chi connectivity index (χ1) is 9.13. The Hall–Kier alpha value is -1.39. The Morgan fingerprint density at radius 3 is 2.74 bits per heavy atom. The van der Waals surface area contributed by atoms with Gasteiger partial charge in [0.1, 0.15) is 5.82 Å². The molecule has 2 N–H and O–H groups in total. The molecule has 102 valence electrons. The van der Waals surface area contributed by atoms with Gasteiger partial charge in [-0.15, -0.1) is 11.3 Å². The van der Waals surface area contributed by atoms with Crippen molar-refractivity contribution < 1.29 is 4.39 Å². The van der Waals surface area contributed by atoms with Crippen molar-refractivity contribution >= 4 is 17.0 Å². The molecule has 0 spiro atoms. The van der Waals surface area contributed by atoms with Crippen LogP contribution in [0, 0.1) is 5.82 Å². The third-order valence-corrected chi connectivity index (χ3v) is 4.28. The zero-order valence-corrected chi connectivity index (χ0v) is 12.1. The van der Waals surface area contributed by atoms with Crippen LogP contribution in [0.4, 0.5) is 10.1 Å². The Labute approximate surface area is 117 Å². The van der Waals surface area contributed by atoms with Crippen molar-refractivity contribution in [3.05, 3.63) is 52.0 Å². The second-order valence-electron chi connectivity index (χ2n) is 4.70. The number of thiophene rings is 1. The maximum Gasteiger partial charge on any atom is 0.146 e. The maximum atomic E-state index is 14.0. The van der Waals surface area contributed by atoms with Gasteiger partial charge in [0.15, 0.2) is 0 Å². The predicted octanol–water partition coefficient (Wildman–Crippen LogP) is 3.41. The molecular weight excluding hydrogens is 259 g/mol. The van der Waals surface area contributed by atoms with Crippen molar-refractivity contribution in [3.63, 3.8) is 0 Å². The average Bonchev–Trinajstić information content (AvgIpc) is 2.90. The number of halogens is 1. The summed E-state index contributed by atoms with van der Waals surface area (Å²) in [6.45, 7) is 2.45. The van der Waals surface area contributed by atoms with Gasteiger partial charge in [0.25, 0.3) is 0 Å². The van der Waals surface area contributed by atoms with Crippen LogP contribution in [0.1, 0.15) is 17.4 Å². The van der Waals surface area contributed by atoms with Crippen LogP contribution < -0.4 is 10.6 Å². The van der Waals surface area contributed by atoms with Gasteiger partial charge < -0.3 is 10.6 Å². The Bertz CT molecular complexity index is 525. The van der Waals surface area contributed by atoms with Gasteiger partial charge in [-0.25, -0.2) is 4.39 Å². The Balaban J connectivity index is 2.21. The van der Waals surface area contributed by atoms with E-state index in [9.17, 15) is 4.39 Å². The first-order valence-electron chi connectivity index (χ1n) is 6.36. The van der Waals surface area contributed by atoms with Gasteiger partial charge in [0, 0.05) is 30.9 Å². The molecule has 0 aliphatic heterocycles. The molecule has 19 heavy (non-hydrogen) atoms. The topological polar surface area (TPSA) is 29.3 Å². The molecule has 0 saturated carbocycles. The van der Waals surface area contributed by atoms with Crippen molar-refractivity contribution in [2.45, 2.75) is 25.9 Å². The van der Waals surface area contributed by atoms with E-state index in [1.54, 1.807) is 17.4 Å². The average molecular weight is 278 g/mol. The highest BCUT2D eigenvalue weighted by molar-refractivity contribution is 7.09. The van der Waals surface area contributed by atoms with E-state index in [1.165, 1.54) is 10.9 Å². The summed E-state index contributed by atoms with van der Waals surface area (Å²) >= 11 is 1.73. The fraction of sp³-hybridized carbons (Fsp3) is 0.333. The van der Waals surface area contributed by atoms with Gasteiger partial charge in [-0.05, 0) is 30.0 Å². The van der Waals surface area contributed by atoms with Crippen molar-refractivity contribution in [1.82, 2.24) is 0 Å². The highest BCUT2D eigenvalue weighted by atomic mass is 32.1. The van der Waals surface area contributed by atoms with Crippen molar-refractivity contribution in [2.75, 3.05) is 11.9 Å². The largest absolute Gasteiger partial charge is 0.369 e. The zero-order chi connectivity index (χ0) is 13.8. The smallest absolute Gasteiger partial charge is 0.146 e.